The Morgan fingerprint density at radius 2 is 1.73 bits per heavy atom. The van der Waals surface area contributed by atoms with Crippen molar-refractivity contribution in [1.82, 2.24) is 19.8 Å². The van der Waals surface area contributed by atoms with E-state index >= 15 is 0 Å². The van der Waals surface area contributed by atoms with Gasteiger partial charge in [-0.1, -0.05) is 84.9 Å². The van der Waals surface area contributed by atoms with Crippen LogP contribution in [0.2, 0.25) is 0 Å². The molecule has 0 radical (unpaired) electrons. The van der Waals surface area contributed by atoms with Crippen molar-refractivity contribution in [3.63, 3.8) is 0 Å². The molecule has 2 aliphatic heterocycles. The summed E-state index contributed by atoms with van der Waals surface area (Å²) in [6.07, 6.45) is 3.07. The Kier molecular flexibility index (Phi) is 10.2. The Morgan fingerprint density at radius 3 is 2.44 bits per heavy atom. The highest BCUT2D eigenvalue weighted by Gasteiger charge is 2.61. The number of hydrogen-bond donors (Lipinski definition) is 2. The summed E-state index contributed by atoms with van der Waals surface area (Å²) in [4.78, 5) is 45.7. The van der Waals surface area contributed by atoms with Gasteiger partial charge >= 0.3 is 6.09 Å². The Hall–Kier alpha value is -5.59. The molecule has 0 aromatic heterocycles. The van der Waals surface area contributed by atoms with Crippen molar-refractivity contribution in [2.75, 3.05) is 20.2 Å². The predicted octanol–water partition coefficient (Wildman–Crippen LogP) is 6.15. The van der Waals surface area contributed by atoms with E-state index < -0.39 is 50.6 Å². The van der Waals surface area contributed by atoms with E-state index in [-0.39, 0.29) is 24.6 Å². The molecule has 11 nitrogen and oxygen atoms in total. The number of benzene rings is 4. The zero-order valence-corrected chi connectivity index (χ0v) is 32.3. The summed E-state index contributed by atoms with van der Waals surface area (Å²) < 4.78 is 34.6. The Morgan fingerprint density at radius 1 is 1.02 bits per heavy atom. The number of hydrogen-bond acceptors (Lipinski definition) is 8. The SMILES string of the molecule is C=C[C@@H]1C[C@]1(NC(=O)[C@@H]1CN(Cc2cccc3ccccc23)C=C1N(C)C(=O)OC(C)(C)C)C(=O)NS(=O)(=C1CO1)c1cccc(OCc2ccccc2)c1. The second-order valence-corrected chi connectivity index (χ2v) is 17.4. The van der Waals surface area contributed by atoms with Gasteiger partial charge in [0.1, 0.15) is 39.8 Å². The molecule has 2 heterocycles. The lowest BCUT2D eigenvalue weighted by molar-refractivity contribution is -0.131. The molecule has 4 atom stereocenters. The molecule has 0 bridgehead atoms. The minimum Gasteiger partial charge on any atom is -0.489 e. The molecule has 3 amide bonds. The average molecular weight is 763 g/mol. The zero-order chi connectivity index (χ0) is 39.0. The summed E-state index contributed by atoms with van der Waals surface area (Å²) in [7, 11) is -1.80. The number of epoxide rings is 1. The number of nitrogens with zero attached hydrogens (tertiary/aromatic N) is 2. The Balaban J connectivity index is 1.13. The van der Waals surface area contributed by atoms with Gasteiger partial charge in [-0.15, -0.1) is 6.58 Å². The van der Waals surface area contributed by atoms with Gasteiger partial charge in [0.15, 0.2) is 5.05 Å². The van der Waals surface area contributed by atoms with Crippen molar-refractivity contribution in [2.24, 2.45) is 11.8 Å². The minimum absolute atomic E-state index is 0.123. The lowest BCUT2D eigenvalue weighted by Crippen LogP contribution is -2.54. The third kappa shape index (κ3) is 8.11. The van der Waals surface area contributed by atoms with E-state index in [1.165, 1.54) is 4.90 Å². The number of carbonyl (C=O) groups excluding carboxylic acids is 3. The average Bonchev–Trinajstić information content (AvgIpc) is 4.10. The highest BCUT2D eigenvalue weighted by molar-refractivity contribution is 8.01. The molecule has 1 aliphatic carbocycles. The topological polar surface area (TPSA) is 130 Å². The maximum absolute atomic E-state index is 14.7. The quantitative estimate of drug-likeness (QED) is 0.0999. The molecule has 3 aliphatic rings. The first kappa shape index (κ1) is 37.7. The summed E-state index contributed by atoms with van der Waals surface area (Å²) in [5, 5.41) is 5.43. The van der Waals surface area contributed by atoms with Gasteiger partial charge in [-0.25, -0.2) is 9.00 Å². The van der Waals surface area contributed by atoms with Gasteiger partial charge in [0.05, 0.1) is 16.5 Å². The maximum atomic E-state index is 14.7. The smallest absolute Gasteiger partial charge is 0.414 e. The first-order valence-electron chi connectivity index (χ1n) is 18.3. The second kappa shape index (κ2) is 14.9. The number of rotatable bonds is 12. The largest absolute Gasteiger partial charge is 0.489 e. The summed E-state index contributed by atoms with van der Waals surface area (Å²) in [6, 6.07) is 30.6. The van der Waals surface area contributed by atoms with Crippen molar-refractivity contribution >= 4 is 43.4 Å². The van der Waals surface area contributed by atoms with E-state index in [4.69, 9.17) is 14.2 Å². The highest BCUT2D eigenvalue weighted by atomic mass is 32.2. The van der Waals surface area contributed by atoms with Crippen molar-refractivity contribution in [2.45, 2.75) is 56.4 Å². The third-order valence-electron chi connectivity index (χ3n) is 9.97. The fourth-order valence-electron chi connectivity index (χ4n) is 6.88. The number of nitrogens with one attached hydrogen (secondary N) is 2. The Bertz CT molecular complexity index is 2300. The van der Waals surface area contributed by atoms with E-state index in [1.807, 2.05) is 59.5 Å². The molecule has 2 N–H and O–H groups in total. The van der Waals surface area contributed by atoms with E-state index in [9.17, 15) is 18.6 Å². The monoisotopic (exact) mass is 762 g/mol. The van der Waals surface area contributed by atoms with Crippen LogP contribution in [0.25, 0.3) is 10.8 Å². The molecule has 0 spiro atoms. The summed E-state index contributed by atoms with van der Waals surface area (Å²) in [5.74, 6) is -1.86. The van der Waals surface area contributed by atoms with Crippen LogP contribution in [0.3, 0.4) is 0 Å². The molecule has 12 heteroatoms. The molecule has 7 rings (SSSR count). The van der Waals surface area contributed by atoms with Crippen molar-refractivity contribution in [3.8, 4) is 5.75 Å². The minimum atomic E-state index is -3.38. The normalized spacial score (nSPS) is 21.2. The molecular formula is C43H46N4O7S. The van der Waals surface area contributed by atoms with Crippen LogP contribution in [-0.2, 0) is 41.9 Å². The van der Waals surface area contributed by atoms with Gasteiger partial charge in [-0.05, 0) is 67.3 Å². The van der Waals surface area contributed by atoms with Crippen LogP contribution in [0.15, 0.2) is 127 Å². The molecule has 4 aromatic rings. The lowest BCUT2D eigenvalue weighted by atomic mass is 10.0. The van der Waals surface area contributed by atoms with Crippen LogP contribution in [0.4, 0.5) is 4.79 Å². The van der Waals surface area contributed by atoms with Gasteiger partial charge in [0.2, 0.25) is 5.91 Å². The molecule has 1 unspecified atom stereocenters. The van der Waals surface area contributed by atoms with Crippen LogP contribution in [-0.4, -0.2) is 68.3 Å². The van der Waals surface area contributed by atoms with Gasteiger partial charge in [-0.2, -0.15) is 0 Å². The van der Waals surface area contributed by atoms with Crippen molar-refractivity contribution in [3.05, 3.63) is 133 Å². The van der Waals surface area contributed by atoms with Gasteiger partial charge in [0.25, 0.3) is 5.91 Å². The van der Waals surface area contributed by atoms with E-state index in [0.717, 1.165) is 21.9 Å². The lowest BCUT2D eigenvalue weighted by Gasteiger charge is -2.28. The number of ether oxygens (including phenoxy) is 3. The highest BCUT2D eigenvalue weighted by Crippen LogP contribution is 2.46. The van der Waals surface area contributed by atoms with Crippen molar-refractivity contribution in [1.29, 1.82) is 0 Å². The van der Waals surface area contributed by atoms with E-state index in [2.05, 4.69) is 34.8 Å². The van der Waals surface area contributed by atoms with Crippen LogP contribution in [0, 0.1) is 11.8 Å². The third-order valence-corrected chi connectivity index (χ3v) is 12.2. The standard InChI is InChI=1S/C43H46N4O7S/c1-6-32-23-43(32,40(49)45-55(51,38-28-53-38)34-20-13-19-33(22-34)52-27-29-14-8-7-9-15-29)44-39(48)36-25-47(26-37(36)46(5)41(50)54-42(2,3)4)24-31-18-12-17-30-16-10-11-21-35(30)31/h6-22,26,32,36H,1,23-25,27-28H2,2-5H3,(H,44,48)(H,45,49,51)/t32-,36-,43-,55?/m1/s1. The van der Waals surface area contributed by atoms with Crippen LogP contribution in [0.5, 0.6) is 5.75 Å². The van der Waals surface area contributed by atoms with Gasteiger partial charge in [0, 0.05) is 32.3 Å². The van der Waals surface area contributed by atoms with Crippen LogP contribution >= 0.6 is 0 Å². The molecular weight excluding hydrogens is 717 g/mol. The Labute approximate surface area is 322 Å². The maximum Gasteiger partial charge on any atom is 0.414 e. The molecule has 286 valence electrons. The van der Waals surface area contributed by atoms with Gasteiger partial charge < -0.3 is 24.4 Å². The molecule has 1 saturated carbocycles. The molecule has 4 aromatic carbocycles. The van der Waals surface area contributed by atoms with Crippen LogP contribution in [0.1, 0.15) is 38.3 Å². The first-order chi connectivity index (χ1) is 26.3. The van der Waals surface area contributed by atoms with Crippen LogP contribution < -0.4 is 14.8 Å². The molecule has 1 saturated heterocycles. The first-order valence-corrected chi connectivity index (χ1v) is 19.8. The summed E-state index contributed by atoms with van der Waals surface area (Å²) in [6.45, 7) is 10.4. The zero-order valence-electron chi connectivity index (χ0n) is 31.5. The van der Waals surface area contributed by atoms with E-state index in [0.29, 0.717) is 29.5 Å². The molecule has 2 fully saturated rings. The number of fused-ring (bicyclic) bond motifs is 1. The predicted molar refractivity (Wildman–Crippen MR) is 212 cm³/mol. The number of carbonyl (C=O) groups is 3. The van der Waals surface area contributed by atoms with Crippen molar-refractivity contribution < 1.29 is 32.8 Å². The van der Waals surface area contributed by atoms with E-state index in [1.54, 1.807) is 64.4 Å². The summed E-state index contributed by atoms with van der Waals surface area (Å²) >= 11 is 0. The molecule has 55 heavy (non-hydrogen) atoms. The number of amides is 3. The second-order valence-electron chi connectivity index (χ2n) is 15.1. The van der Waals surface area contributed by atoms with Gasteiger partial charge in [-0.3, -0.25) is 19.2 Å². The summed E-state index contributed by atoms with van der Waals surface area (Å²) in [5.41, 5.74) is 0.275. The fourth-order valence-corrected chi connectivity index (χ4v) is 8.76. The fraction of sp³-hybridized carbons (Fsp3) is 0.302.